The molecule has 0 amide bonds. The van der Waals surface area contributed by atoms with E-state index in [0.717, 1.165) is 5.56 Å². The van der Waals surface area contributed by atoms with Crippen LogP contribution < -0.4 is 5.32 Å². The normalized spacial score (nSPS) is 10.0. The van der Waals surface area contributed by atoms with E-state index in [2.05, 4.69) is 5.32 Å². The van der Waals surface area contributed by atoms with E-state index in [1.165, 1.54) is 18.2 Å². The minimum Gasteiger partial charge on any atom is -0.381 e. The molecule has 19 heavy (non-hydrogen) atoms. The summed E-state index contributed by atoms with van der Waals surface area (Å²) in [7, 11) is 0. The summed E-state index contributed by atoms with van der Waals surface area (Å²) in [5.41, 5.74) is 1.87. The molecule has 0 unspecified atom stereocenters. The standard InChI is InChI=1S/C15H12F2N2/c1-10-5-6-13(16)7-14(10)19-9-12-4-2-3-11(8-18)15(12)17/h2-7,19H,9H2,1H3. The molecule has 2 aromatic rings. The largest absolute Gasteiger partial charge is 0.381 e. The molecule has 4 heteroatoms. The van der Waals surface area contributed by atoms with Crippen LogP contribution in [0.15, 0.2) is 36.4 Å². The van der Waals surface area contributed by atoms with Gasteiger partial charge < -0.3 is 5.32 Å². The predicted molar refractivity (Wildman–Crippen MR) is 69.6 cm³/mol. The zero-order chi connectivity index (χ0) is 13.8. The van der Waals surface area contributed by atoms with E-state index in [0.29, 0.717) is 11.3 Å². The maximum Gasteiger partial charge on any atom is 0.145 e. The van der Waals surface area contributed by atoms with Crippen LogP contribution in [-0.4, -0.2) is 0 Å². The van der Waals surface area contributed by atoms with E-state index in [1.54, 1.807) is 24.3 Å². The highest BCUT2D eigenvalue weighted by Gasteiger charge is 2.08. The SMILES string of the molecule is Cc1ccc(F)cc1NCc1cccc(C#N)c1F. The van der Waals surface area contributed by atoms with Gasteiger partial charge >= 0.3 is 0 Å². The number of aryl methyl sites for hydroxylation is 1. The molecule has 0 bridgehead atoms. The van der Waals surface area contributed by atoms with Gasteiger partial charge in [0.2, 0.25) is 0 Å². The lowest BCUT2D eigenvalue weighted by molar-refractivity contribution is 0.609. The maximum absolute atomic E-state index is 13.8. The van der Waals surface area contributed by atoms with Crippen LogP contribution in [0.4, 0.5) is 14.5 Å². The minimum atomic E-state index is -0.536. The van der Waals surface area contributed by atoms with Crippen molar-refractivity contribution in [3.05, 3.63) is 64.7 Å². The van der Waals surface area contributed by atoms with Crippen molar-refractivity contribution in [3.8, 4) is 6.07 Å². The van der Waals surface area contributed by atoms with Crippen LogP contribution in [0, 0.1) is 29.9 Å². The first-order chi connectivity index (χ1) is 9.11. The van der Waals surface area contributed by atoms with Gasteiger partial charge in [0.1, 0.15) is 17.7 Å². The van der Waals surface area contributed by atoms with Gasteiger partial charge in [-0.1, -0.05) is 18.2 Å². The average molecular weight is 258 g/mol. The number of hydrogen-bond acceptors (Lipinski definition) is 2. The summed E-state index contributed by atoms with van der Waals surface area (Å²) in [5, 5.41) is 11.7. The summed E-state index contributed by atoms with van der Waals surface area (Å²) < 4.78 is 26.9. The number of anilines is 1. The molecule has 2 rings (SSSR count). The van der Waals surface area contributed by atoms with Crippen LogP contribution in [0.25, 0.3) is 0 Å². The van der Waals surface area contributed by atoms with Gasteiger partial charge in [-0.15, -0.1) is 0 Å². The van der Waals surface area contributed by atoms with Gasteiger partial charge in [0, 0.05) is 17.8 Å². The van der Waals surface area contributed by atoms with E-state index in [9.17, 15) is 8.78 Å². The third-order valence-electron chi connectivity index (χ3n) is 2.87. The summed E-state index contributed by atoms with van der Waals surface area (Å²) in [6.07, 6.45) is 0. The van der Waals surface area contributed by atoms with Crippen molar-refractivity contribution < 1.29 is 8.78 Å². The van der Waals surface area contributed by atoms with Crippen molar-refractivity contribution in [2.75, 3.05) is 5.32 Å². The Bertz CT molecular complexity index is 645. The van der Waals surface area contributed by atoms with Gasteiger partial charge in [0.25, 0.3) is 0 Å². The zero-order valence-electron chi connectivity index (χ0n) is 10.4. The van der Waals surface area contributed by atoms with Crippen LogP contribution in [0.1, 0.15) is 16.7 Å². The van der Waals surface area contributed by atoms with Gasteiger partial charge in [-0.05, 0) is 30.7 Å². The third-order valence-corrected chi connectivity index (χ3v) is 2.87. The van der Waals surface area contributed by atoms with Crippen LogP contribution >= 0.6 is 0 Å². The van der Waals surface area contributed by atoms with Gasteiger partial charge in [0.15, 0.2) is 0 Å². The fourth-order valence-corrected chi connectivity index (χ4v) is 1.78. The molecule has 0 aromatic heterocycles. The Labute approximate surface area is 110 Å². The van der Waals surface area contributed by atoms with Gasteiger partial charge in [-0.2, -0.15) is 5.26 Å². The molecule has 0 aliphatic heterocycles. The van der Waals surface area contributed by atoms with Crippen molar-refractivity contribution >= 4 is 5.69 Å². The van der Waals surface area contributed by atoms with Crippen LogP contribution in [0.5, 0.6) is 0 Å². The zero-order valence-corrected chi connectivity index (χ0v) is 10.4. The highest BCUT2D eigenvalue weighted by molar-refractivity contribution is 5.51. The van der Waals surface area contributed by atoms with Crippen LogP contribution in [-0.2, 0) is 6.54 Å². The number of rotatable bonds is 3. The molecular formula is C15H12F2N2. The maximum atomic E-state index is 13.8. The minimum absolute atomic E-state index is 0.00950. The van der Waals surface area contributed by atoms with Crippen molar-refractivity contribution in [2.24, 2.45) is 0 Å². The van der Waals surface area contributed by atoms with Crippen molar-refractivity contribution in [2.45, 2.75) is 13.5 Å². The lowest BCUT2D eigenvalue weighted by Crippen LogP contribution is -2.04. The van der Waals surface area contributed by atoms with E-state index < -0.39 is 5.82 Å². The molecule has 0 aliphatic carbocycles. The number of nitrogens with zero attached hydrogens (tertiary/aromatic N) is 1. The van der Waals surface area contributed by atoms with E-state index in [-0.39, 0.29) is 17.9 Å². The lowest BCUT2D eigenvalue weighted by atomic mass is 10.1. The molecule has 0 heterocycles. The summed E-state index contributed by atoms with van der Waals surface area (Å²) in [6.45, 7) is 2.04. The Morgan fingerprint density at radius 2 is 2.00 bits per heavy atom. The molecule has 96 valence electrons. The quantitative estimate of drug-likeness (QED) is 0.909. The number of benzene rings is 2. The Balaban J connectivity index is 2.20. The van der Waals surface area contributed by atoms with Crippen LogP contribution in [0.2, 0.25) is 0 Å². The molecule has 0 saturated heterocycles. The number of hydrogen-bond donors (Lipinski definition) is 1. The number of halogens is 2. The summed E-state index contributed by atoms with van der Waals surface area (Å²) in [6, 6.07) is 10.8. The molecule has 0 aliphatic rings. The summed E-state index contributed by atoms with van der Waals surface area (Å²) in [5.74, 6) is -0.883. The molecule has 0 spiro atoms. The number of nitriles is 1. The first kappa shape index (κ1) is 13.0. The van der Waals surface area contributed by atoms with Gasteiger partial charge in [-0.25, -0.2) is 8.78 Å². The molecular weight excluding hydrogens is 246 g/mol. The Hall–Kier alpha value is -2.41. The second kappa shape index (κ2) is 5.49. The van der Waals surface area contributed by atoms with Crippen molar-refractivity contribution in [1.82, 2.24) is 0 Å². The Morgan fingerprint density at radius 1 is 1.21 bits per heavy atom. The van der Waals surface area contributed by atoms with E-state index >= 15 is 0 Å². The Kier molecular flexibility index (Phi) is 3.76. The summed E-state index contributed by atoms with van der Waals surface area (Å²) in [4.78, 5) is 0. The van der Waals surface area contributed by atoms with Gasteiger partial charge in [0.05, 0.1) is 5.56 Å². The van der Waals surface area contributed by atoms with E-state index in [4.69, 9.17) is 5.26 Å². The highest BCUT2D eigenvalue weighted by Crippen LogP contribution is 2.18. The lowest BCUT2D eigenvalue weighted by Gasteiger charge is -2.10. The molecule has 2 aromatic carbocycles. The topological polar surface area (TPSA) is 35.8 Å². The number of nitrogens with one attached hydrogen (secondary N) is 1. The second-order valence-electron chi connectivity index (χ2n) is 4.20. The first-order valence-electron chi connectivity index (χ1n) is 5.79. The monoisotopic (exact) mass is 258 g/mol. The summed E-state index contributed by atoms with van der Waals surface area (Å²) >= 11 is 0. The van der Waals surface area contributed by atoms with Crippen molar-refractivity contribution in [1.29, 1.82) is 5.26 Å². The molecule has 2 nitrogen and oxygen atoms in total. The van der Waals surface area contributed by atoms with Gasteiger partial charge in [-0.3, -0.25) is 0 Å². The highest BCUT2D eigenvalue weighted by atomic mass is 19.1. The first-order valence-corrected chi connectivity index (χ1v) is 5.79. The second-order valence-corrected chi connectivity index (χ2v) is 4.20. The average Bonchev–Trinajstić information content (AvgIpc) is 2.41. The van der Waals surface area contributed by atoms with Crippen LogP contribution in [0.3, 0.4) is 0 Å². The Morgan fingerprint density at radius 3 is 2.74 bits per heavy atom. The fraction of sp³-hybridized carbons (Fsp3) is 0.133. The molecule has 0 saturated carbocycles. The molecule has 0 fully saturated rings. The fourth-order valence-electron chi connectivity index (χ4n) is 1.78. The molecule has 0 radical (unpaired) electrons. The predicted octanol–water partition coefficient (Wildman–Crippen LogP) is 3.76. The molecule has 0 atom stereocenters. The molecule has 1 N–H and O–H groups in total. The third kappa shape index (κ3) is 2.89. The van der Waals surface area contributed by atoms with E-state index in [1.807, 2.05) is 6.92 Å². The van der Waals surface area contributed by atoms with Crippen molar-refractivity contribution in [3.63, 3.8) is 0 Å². The smallest absolute Gasteiger partial charge is 0.145 e.